The summed E-state index contributed by atoms with van der Waals surface area (Å²) in [5, 5.41) is 2.68. The Morgan fingerprint density at radius 1 is 1.30 bits per heavy atom. The Morgan fingerprint density at radius 3 is 2.40 bits per heavy atom. The second-order valence-corrected chi connectivity index (χ2v) is 3.03. The van der Waals surface area contributed by atoms with Gasteiger partial charge in [0.25, 0.3) is 0 Å². The fourth-order valence-corrected chi connectivity index (χ4v) is 1.38. The van der Waals surface area contributed by atoms with Crippen molar-refractivity contribution in [2.24, 2.45) is 5.92 Å². The summed E-state index contributed by atoms with van der Waals surface area (Å²) in [5.74, 6) is 0.466. The summed E-state index contributed by atoms with van der Waals surface area (Å²) in [6, 6.07) is -0.118. The lowest BCUT2D eigenvalue weighted by Gasteiger charge is -2.03. The van der Waals surface area contributed by atoms with E-state index >= 15 is 0 Å². The third-order valence-electron chi connectivity index (χ3n) is 2.09. The number of hydrogen-bond acceptors (Lipinski definition) is 2. The summed E-state index contributed by atoms with van der Waals surface area (Å²) in [5.41, 5.74) is 0. The number of hydrogen-bond donors (Lipinski definition) is 1. The number of rotatable bonds is 1. The maximum Gasteiger partial charge on any atom is 0.228 e. The molecule has 0 bridgehead atoms. The highest BCUT2D eigenvalue weighted by atomic mass is 16.2. The molecule has 1 N–H and O–H groups in total. The van der Waals surface area contributed by atoms with Crippen molar-refractivity contribution in [2.75, 3.05) is 0 Å². The molecule has 54 valence electrons. The molecule has 3 heteroatoms. The lowest BCUT2D eigenvalue weighted by atomic mass is 10.1. The largest absolute Gasteiger partial charge is 0.346 e. The maximum absolute atomic E-state index is 11.0. The van der Waals surface area contributed by atoms with Gasteiger partial charge in [0.2, 0.25) is 5.91 Å². The van der Waals surface area contributed by atoms with E-state index in [9.17, 15) is 9.59 Å². The topological polar surface area (TPSA) is 46.2 Å². The van der Waals surface area contributed by atoms with Gasteiger partial charge in [-0.05, 0) is 18.8 Å². The van der Waals surface area contributed by atoms with Gasteiger partial charge in [0.1, 0.15) is 0 Å². The minimum Gasteiger partial charge on any atom is -0.346 e. The number of nitrogens with one attached hydrogen (secondary N) is 1. The van der Waals surface area contributed by atoms with Crippen molar-refractivity contribution in [1.29, 1.82) is 0 Å². The summed E-state index contributed by atoms with van der Waals surface area (Å²) >= 11 is 0. The zero-order valence-electron chi connectivity index (χ0n) is 5.59. The highest BCUT2D eigenvalue weighted by Crippen LogP contribution is 2.34. The van der Waals surface area contributed by atoms with Gasteiger partial charge < -0.3 is 5.32 Å². The highest BCUT2D eigenvalue weighted by molar-refractivity contribution is 6.07. The highest BCUT2D eigenvalue weighted by Gasteiger charge is 2.41. The van der Waals surface area contributed by atoms with Gasteiger partial charge in [0.05, 0.1) is 12.5 Å². The maximum atomic E-state index is 11.0. The van der Waals surface area contributed by atoms with Gasteiger partial charge in [-0.15, -0.1) is 0 Å². The first-order chi connectivity index (χ1) is 4.77. The van der Waals surface area contributed by atoms with Crippen molar-refractivity contribution in [3.63, 3.8) is 0 Å². The Balaban J connectivity index is 2.08. The Kier molecular flexibility index (Phi) is 1.07. The van der Waals surface area contributed by atoms with E-state index in [-0.39, 0.29) is 24.2 Å². The number of amides is 1. The Hall–Kier alpha value is -0.860. The second kappa shape index (κ2) is 1.81. The molecule has 10 heavy (non-hydrogen) atoms. The van der Waals surface area contributed by atoms with Crippen LogP contribution in [0.1, 0.15) is 19.3 Å². The monoisotopic (exact) mass is 139 g/mol. The standard InChI is InChI=1S/C7H9NO2/c9-5-3-6(10)8-7(5)4-1-2-4/h4,7H,1-3H2,(H,8,10)/t7-/m0/s1. The lowest BCUT2D eigenvalue weighted by molar-refractivity contribution is -0.122. The molecule has 0 radical (unpaired) electrons. The van der Waals surface area contributed by atoms with E-state index in [1.807, 2.05) is 0 Å². The molecule has 2 rings (SSSR count). The zero-order chi connectivity index (χ0) is 7.14. The summed E-state index contributed by atoms with van der Waals surface area (Å²) in [6.07, 6.45) is 2.33. The molecule has 1 heterocycles. The van der Waals surface area contributed by atoms with Crippen LogP contribution in [0.2, 0.25) is 0 Å². The minimum absolute atomic E-state index is 0.0903. The summed E-state index contributed by atoms with van der Waals surface area (Å²) in [4.78, 5) is 21.6. The summed E-state index contributed by atoms with van der Waals surface area (Å²) in [7, 11) is 0. The Morgan fingerprint density at radius 2 is 2.00 bits per heavy atom. The molecule has 0 aromatic heterocycles. The summed E-state index contributed by atoms with van der Waals surface area (Å²) < 4.78 is 0. The van der Waals surface area contributed by atoms with Crippen LogP contribution in [-0.4, -0.2) is 17.7 Å². The molecule has 1 saturated carbocycles. The first-order valence-electron chi connectivity index (χ1n) is 3.59. The summed E-state index contributed by atoms with van der Waals surface area (Å²) in [6.45, 7) is 0. The smallest absolute Gasteiger partial charge is 0.228 e. The SMILES string of the molecule is O=C1CC(=O)[C@H](C2CC2)N1. The zero-order valence-corrected chi connectivity index (χ0v) is 5.59. The predicted molar refractivity (Wildman–Crippen MR) is 34.3 cm³/mol. The molecule has 1 aliphatic carbocycles. The van der Waals surface area contributed by atoms with Crippen LogP contribution in [-0.2, 0) is 9.59 Å². The van der Waals surface area contributed by atoms with Gasteiger partial charge in [0, 0.05) is 0 Å². The van der Waals surface area contributed by atoms with Crippen LogP contribution in [0, 0.1) is 5.92 Å². The van der Waals surface area contributed by atoms with E-state index in [1.165, 1.54) is 0 Å². The van der Waals surface area contributed by atoms with Crippen molar-refractivity contribution < 1.29 is 9.59 Å². The molecular weight excluding hydrogens is 130 g/mol. The quantitative estimate of drug-likeness (QED) is 0.514. The second-order valence-electron chi connectivity index (χ2n) is 3.03. The van der Waals surface area contributed by atoms with Crippen LogP contribution in [0.3, 0.4) is 0 Å². The van der Waals surface area contributed by atoms with Gasteiger partial charge in [-0.2, -0.15) is 0 Å². The van der Waals surface area contributed by atoms with E-state index in [0.717, 1.165) is 12.8 Å². The normalized spacial score (nSPS) is 32.6. The van der Waals surface area contributed by atoms with Gasteiger partial charge in [-0.3, -0.25) is 9.59 Å². The molecule has 1 amide bonds. The van der Waals surface area contributed by atoms with Gasteiger partial charge in [-0.25, -0.2) is 0 Å². The molecule has 3 nitrogen and oxygen atoms in total. The Labute approximate surface area is 58.8 Å². The molecule has 0 aromatic carbocycles. The number of carbonyl (C=O) groups is 2. The molecule has 1 atom stereocenters. The average Bonchev–Trinajstić information content (AvgIpc) is 2.61. The van der Waals surface area contributed by atoms with Crippen molar-refractivity contribution in [3.05, 3.63) is 0 Å². The molecular formula is C7H9NO2. The van der Waals surface area contributed by atoms with E-state index in [2.05, 4.69) is 5.32 Å². The molecule has 0 spiro atoms. The van der Waals surface area contributed by atoms with Crippen LogP contribution in [0.15, 0.2) is 0 Å². The van der Waals surface area contributed by atoms with Crippen LogP contribution in [0.4, 0.5) is 0 Å². The van der Waals surface area contributed by atoms with Gasteiger partial charge >= 0.3 is 0 Å². The molecule has 0 aromatic rings. The molecule has 2 fully saturated rings. The van der Waals surface area contributed by atoms with Gasteiger partial charge in [-0.1, -0.05) is 0 Å². The first-order valence-corrected chi connectivity index (χ1v) is 3.59. The van der Waals surface area contributed by atoms with Crippen molar-refractivity contribution in [3.8, 4) is 0 Å². The van der Waals surface area contributed by atoms with Crippen molar-refractivity contribution in [1.82, 2.24) is 5.32 Å². The van der Waals surface area contributed by atoms with Crippen LogP contribution in [0.5, 0.6) is 0 Å². The van der Waals surface area contributed by atoms with Crippen LogP contribution >= 0.6 is 0 Å². The number of carbonyl (C=O) groups excluding carboxylic acids is 2. The lowest BCUT2D eigenvalue weighted by Crippen LogP contribution is -2.30. The third-order valence-corrected chi connectivity index (χ3v) is 2.09. The third kappa shape index (κ3) is 0.818. The molecule has 1 saturated heterocycles. The average molecular weight is 139 g/mol. The van der Waals surface area contributed by atoms with Gasteiger partial charge in [0.15, 0.2) is 5.78 Å². The fourth-order valence-electron chi connectivity index (χ4n) is 1.38. The van der Waals surface area contributed by atoms with Crippen molar-refractivity contribution in [2.45, 2.75) is 25.3 Å². The Bertz CT molecular complexity index is 196. The van der Waals surface area contributed by atoms with E-state index in [1.54, 1.807) is 0 Å². The number of ketones is 1. The molecule has 2 aliphatic rings. The predicted octanol–water partition coefficient (Wildman–Crippen LogP) is -0.146. The minimum atomic E-state index is -0.118. The molecule has 0 unspecified atom stereocenters. The van der Waals surface area contributed by atoms with Crippen molar-refractivity contribution >= 4 is 11.7 Å². The number of Topliss-reactive ketones (excluding diaryl/α,β-unsaturated/α-hetero) is 1. The van der Waals surface area contributed by atoms with E-state index < -0.39 is 0 Å². The first kappa shape index (κ1) is 5.89. The molecule has 1 aliphatic heterocycles. The van der Waals surface area contributed by atoms with E-state index in [4.69, 9.17) is 0 Å². The van der Waals surface area contributed by atoms with Crippen LogP contribution in [0.25, 0.3) is 0 Å². The fraction of sp³-hybridized carbons (Fsp3) is 0.714. The van der Waals surface area contributed by atoms with Crippen LogP contribution < -0.4 is 5.32 Å². The van der Waals surface area contributed by atoms with E-state index in [0.29, 0.717) is 5.92 Å².